The molecule has 0 bridgehead atoms. The van der Waals surface area contributed by atoms with E-state index in [2.05, 4.69) is 9.97 Å². The molecule has 0 unspecified atom stereocenters. The van der Waals surface area contributed by atoms with Gasteiger partial charge in [0.05, 0.1) is 30.8 Å². The molecule has 1 fully saturated rings. The predicted molar refractivity (Wildman–Crippen MR) is 46.9 cm³/mol. The predicted octanol–water partition coefficient (Wildman–Crippen LogP) is 0.138. The van der Waals surface area contributed by atoms with Crippen molar-refractivity contribution in [3.63, 3.8) is 0 Å². The number of aryl methyl sites for hydroxylation is 1. The van der Waals surface area contributed by atoms with Gasteiger partial charge in [-0.15, -0.1) is 0 Å². The third kappa shape index (κ3) is 1.17. The minimum absolute atomic E-state index is 0.181. The molecule has 1 aromatic heterocycles. The highest BCUT2D eigenvalue weighted by Crippen LogP contribution is 2.30. The number of carboxylic acid groups (broad SMARTS) is 1. The highest BCUT2D eigenvalue weighted by molar-refractivity contribution is 5.82. The molecule has 0 aliphatic carbocycles. The maximum Gasteiger partial charge on any atom is 0.320 e. The average Bonchev–Trinajstić information content (AvgIpc) is 2.05. The molecule has 1 aromatic rings. The first-order valence-electron chi connectivity index (χ1n) is 4.25. The fraction of sp³-hybridized carbons (Fsp3) is 0.444. The van der Waals surface area contributed by atoms with Crippen LogP contribution in [0.25, 0.3) is 0 Å². The molecular weight excluding hydrogens is 184 g/mol. The van der Waals surface area contributed by atoms with Crippen molar-refractivity contribution in [2.75, 3.05) is 13.2 Å². The normalized spacial score (nSPS) is 18.6. The molecule has 5 heteroatoms. The number of carbonyl (C=O) groups is 1. The standard InChI is InChI=1S/C9H10N2O3/c1-6-2-11-7(3-10-6)9(8(12)13)4-14-5-9/h2-3H,4-5H2,1H3,(H,12,13). The van der Waals surface area contributed by atoms with Crippen molar-refractivity contribution in [2.24, 2.45) is 0 Å². The van der Waals surface area contributed by atoms with Crippen LogP contribution in [0, 0.1) is 6.92 Å². The number of carboxylic acids is 1. The van der Waals surface area contributed by atoms with E-state index in [1.54, 1.807) is 6.20 Å². The van der Waals surface area contributed by atoms with Crippen LogP contribution in [0.3, 0.4) is 0 Å². The zero-order chi connectivity index (χ0) is 10.2. The first-order chi connectivity index (χ1) is 6.65. The van der Waals surface area contributed by atoms with Gasteiger partial charge in [0.1, 0.15) is 0 Å². The Morgan fingerprint density at radius 1 is 1.50 bits per heavy atom. The SMILES string of the molecule is Cc1cnc(C2(C(=O)O)COC2)cn1. The molecule has 14 heavy (non-hydrogen) atoms. The van der Waals surface area contributed by atoms with E-state index >= 15 is 0 Å². The number of ether oxygens (including phenoxy) is 1. The van der Waals surface area contributed by atoms with Crippen LogP contribution in [0.5, 0.6) is 0 Å². The minimum atomic E-state index is -0.972. The second-order valence-corrected chi connectivity index (χ2v) is 3.42. The summed E-state index contributed by atoms with van der Waals surface area (Å²) in [5.74, 6) is -0.901. The van der Waals surface area contributed by atoms with Crippen molar-refractivity contribution in [1.82, 2.24) is 9.97 Å². The maximum atomic E-state index is 11.0. The summed E-state index contributed by atoms with van der Waals surface area (Å²) in [7, 11) is 0. The number of aliphatic carboxylic acids is 1. The second-order valence-electron chi connectivity index (χ2n) is 3.42. The summed E-state index contributed by atoms with van der Waals surface area (Å²) in [6.07, 6.45) is 3.07. The summed E-state index contributed by atoms with van der Waals surface area (Å²) < 4.78 is 4.94. The van der Waals surface area contributed by atoms with Gasteiger partial charge in [-0.05, 0) is 6.92 Å². The van der Waals surface area contributed by atoms with E-state index in [0.717, 1.165) is 5.69 Å². The summed E-state index contributed by atoms with van der Waals surface area (Å²) in [6.45, 7) is 2.17. The summed E-state index contributed by atoms with van der Waals surface area (Å²) in [5.41, 5.74) is 0.275. The van der Waals surface area contributed by atoms with Crippen LogP contribution < -0.4 is 0 Å². The van der Waals surface area contributed by atoms with E-state index in [-0.39, 0.29) is 13.2 Å². The van der Waals surface area contributed by atoms with Crippen molar-refractivity contribution in [2.45, 2.75) is 12.3 Å². The van der Waals surface area contributed by atoms with Crippen LogP contribution in [0.15, 0.2) is 12.4 Å². The molecule has 2 heterocycles. The number of aromatic nitrogens is 2. The van der Waals surface area contributed by atoms with E-state index < -0.39 is 11.4 Å². The van der Waals surface area contributed by atoms with Crippen molar-refractivity contribution >= 4 is 5.97 Å². The van der Waals surface area contributed by atoms with Gasteiger partial charge in [-0.3, -0.25) is 14.8 Å². The molecule has 1 saturated heterocycles. The molecular formula is C9H10N2O3. The molecule has 0 radical (unpaired) electrons. The number of hydrogen-bond acceptors (Lipinski definition) is 4. The zero-order valence-corrected chi connectivity index (χ0v) is 7.73. The molecule has 74 valence electrons. The van der Waals surface area contributed by atoms with Crippen LogP contribution in [0.1, 0.15) is 11.4 Å². The fourth-order valence-electron chi connectivity index (χ4n) is 1.33. The van der Waals surface area contributed by atoms with Gasteiger partial charge in [-0.25, -0.2) is 0 Å². The molecule has 5 nitrogen and oxygen atoms in total. The van der Waals surface area contributed by atoms with Crippen LogP contribution in [-0.4, -0.2) is 34.3 Å². The van der Waals surface area contributed by atoms with E-state index in [1.165, 1.54) is 6.20 Å². The van der Waals surface area contributed by atoms with Crippen LogP contribution in [0.2, 0.25) is 0 Å². The lowest BCUT2D eigenvalue weighted by atomic mass is 9.83. The summed E-state index contributed by atoms with van der Waals surface area (Å²) in [4.78, 5) is 19.1. The molecule has 2 rings (SSSR count). The number of nitrogens with zero attached hydrogens (tertiary/aromatic N) is 2. The average molecular weight is 194 g/mol. The number of hydrogen-bond donors (Lipinski definition) is 1. The van der Waals surface area contributed by atoms with Crippen LogP contribution in [0.4, 0.5) is 0 Å². The molecule has 1 N–H and O–H groups in total. The van der Waals surface area contributed by atoms with Gasteiger partial charge >= 0.3 is 5.97 Å². The smallest absolute Gasteiger partial charge is 0.320 e. The van der Waals surface area contributed by atoms with Crippen LogP contribution >= 0.6 is 0 Å². The van der Waals surface area contributed by atoms with E-state index in [1.807, 2.05) is 6.92 Å². The highest BCUT2D eigenvalue weighted by atomic mass is 16.5. The molecule has 0 amide bonds. The maximum absolute atomic E-state index is 11.0. The third-order valence-electron chi connectivity index (χ3n) is 2.38. The Labute approximate surface area is 80.8 Å². The lowest BCUT2D eigenvalue weighted by molar-refractivity contribution is -0.163. The Bertz CT molecular complexity index is 357. The second kappa shape index (κ2) is 3.02. The quantitative estimate of drug-likeness (QED) is 0.724. The van der Waals surface area contributed by atoms with Gasteiger partial charge in [0, 0.05) is 6.20 Å². The Balaban J connectivity index is 2.37. The van der Waals surface area contributed by atoms with E-state index in [9.17, 15) is 4.79 Å². The highest BCUT2D eigenvalue weighted by Gasteiger charge is 2.49. The molecule has 0 atom stereocenters. The van der Waals surface area contributed by atoms with Gasteiger partial charge < -0.3 is 9.84 Å². The lowest BCUT2D eigenvalue weighted by Crippen LogP contribution is -2.53. The largest absolute Gasteiger partial charge is 0.480 e. The van der Waals surface area contributed by atoms with Crippen molar-refractivity contribution in [3.05, 3.63) is 23.8 Å². The molecule has 0 aromatic carbocycles. The molecule has 1 aliphatic heterocycles. The third-order valence-corrected chi connectivity index (χ3v) is 2.38. The lowest BCUT2D eigenvalue weighted by Gasteiger charge is -2.36. The molecule has 0 saturated carbocycles. The Hall–Kier alpha value is -1.49. The molecule has 1 aliphatic rings. The Morgan fingerprint density at radius 2 is 2.21 bits per heavy atom. The zero-order valence-electron chi connectivity index (χ0n) is 7.73. The summed E-state index contributed by atoms with van der Waals surface area (Å²) >= 11 is 0. The van der Waals surface area contributed by atoms with Gasteiger partial charge in [0.25, 0.3) is 0 Å². The van der Waals surface area contributed by atoms with Crippen molar-refractivity contribution in [3.8, 4) is 0 Å². The fourth-order valence-corrected chi connectivity index (χ4v) is 1.33. The van der Waals surface area contributed by atoms with Crippen molar-refractivity contribution < 1.29 is 14.6 Å². The Morgan fingerprint density at radius 3 is 2.57 bits per heavy atom. The monoisotopic (exact) mass is 194 g/mol. The number of rotatable bonds is 2. The van der Waals surface area contributed by atoms with Gasteiger partial charge in [-0.2, -0.15) is 0 Å². The van der Waals surface area contributed by atoms with E-state index in [0.29, 0.717) is 5.69 Å². The van der Waals surface area contributed by atoms with Gasteiger partial charge in [-0.1, -0.05) is 0 Å². The van der Waals surface area contributed by atoms with E-state index in [4.69, 9.17) is 9.84 Å². The summed E-state index contributed by atoms with van der Waals surface area (Å²) in [6, 6.07) is 0. The van der Waals surface area contributed by atoms with Crippen LogP contribution in [-0.2, 0) is 14.9 Å². The van der Waals surface area contributed by atoms with Gasteiger partial charge in [0.2, 0.25) is 0 Å². The van der Waals surface area contributed by atoms with Crippen molar-refractivity contribution in [1.29, 1.82) is 0 Å². The first-order valence-corrected chi connectivity index (χ1v) is 4.25. The topological polar surface area (TPSA) is 72.3 Å². The molecule has 0 spiro atoms. The van der Waals surface area contributed by atoms with Gasteiger partial charge in [0.15, 0.2) is 5.41 Å². The Kier molecular flexibility index (Phi) is 1.96. The summed E-state index contributed by atoms with van der Waals surface area (Å²) in [5, 5.41) is 9.06. The minimum Gasteiger partial charge on any atom is -0.480 e. The first kappa shape index (κ1) is 9.08.